The van der Waals surface area contributed by atoms with Gasteiger partial charge in [0, 0.05) is 43.3 Å². The minimum atomic E-state index is -0.299. The lowest BCUT2D eigenvalue weighted by atomic mass is 10.2. The molecule has 2 amide bonds. The molecule has 6 rings (SSSR count). The number of rotatable bonds is 6. The van der Waals surface area contributed by atoms with Crippen LogP contribution < -0.4 is 24.4 Å². The highest BCUT2D eigenvalue weighted by molar-refractivity contribution is 5.93. The molecular formula is C28H26N4O6. The molecule has 1 N–H and O–H groups in total. The van der Waals surface area contributed by atoms with E-state index in [-0.39, 0.29) is 18.4 Å². The normalized spacial score (nSPS) is 14.8. The van der Waals surface area contributed by atoms with E-state index in [9.17, 15) is 9.59 Å². The summed E-state index contributed by atoms with van der Waals surface area (Å²) in [7, 11) is 0. The van der Waals surface area contributed by atoms with Gasteiger partial charge in [0.05, 0.1) is 6.26 Å². The van der Waals surface area contributed by atoms with Crippen LogP contribution in [0.2, 0.25) is 0 Å². The second-order valence-electron chi connectivity index (χ2n) is 8.95. The molecule has 10 nitrogen and oxygen atoms in total. The molecule has 4 heterocycles. The number of hydrogen-bond donors (Lipinski definition) is 1. The number of carbonyl (C=O) groups is 2. The summed E-state index contributed by atoms with van der Waals surface area (Å²) in [6.45, 7) is 3.23. The van der Waals surface area contributed by atoms with Crippen molar-refractivity contribution in [2.24, 2.45) is 0 Å². The number of benzene rings is 2. The molecule has 10 heteroatoms. The van der Waals surface area contributed by atoms with E-state index in [1.165, 1.54) is 6.26 Å². The molecular weight excluding hydrogens is 488 g/mol. The summed E-state index contributed by atoms with van der Waals surface area (Å²) in [5.41, 5.74) is 1.28. The third kappa shape index (κ3) is 4.93. The predicted octanol–water partition coefficient (Wildman–Crippen LogP) is 3.58. The number of piperazine rings is 1. The number of aromatic nitrogens is 1. The summed E-state index contributed by atoms with van der Waals surface area (Å²) in [6.07, 6.45) is 1.50. The van der Waals surface area contributed by atoms with Crippen molar-refractivity contribution < 1.29 is 28.2 Å². The molecule has 38 heavy (non-hydrogen) atoms. The van der Waals surface area contributed by atoms with E-state index in [0.717, 1.165) is 11.2 Å². The fourth-order valence-corrected chi connectivity index (χ4v) is 4.56. The number of hydrogen-bond acceptors (Lipinski definition) is 8. The maximum atomic E-state index is 12.6. The molecule has 0 aliphatic carbocycles. The van der Waals surface area contributed by atoms with Crippen molar-refractivity contribution in [3.05, 3.63) is 72.7 Å². The average molecular weight is 515 g/mol. The number of fused-ring (bicyclic) bond motifs is 2. The minimum absolute atomic E-state index is 0.105. The van der Waals surface area contributed by atoms with E-state index in [4.69, 9.17) is 23.6 Å². The minimum Gasteiger partial charge on any atom is -0.486 e. The smallest absolute Gasteiger partial charge is 0.289 e. The number of anilines is 2. The van der Waals surface area contributed by atoms with Gasteiger partial charge in [0.15, 0.2) is 23.9 Å². The lowest BCUT2D eigenvalue weighted by Gasteiger charge is -2.35. The number of carbonyl (C=O) groups excluding carboxylic acids is 2. The molecule has 2 aromatic heterocycles. The van der Waals surface area contributed by atoms with Crippen LogP contribution in [0, 0.1) is 0 Å². The largest absolute Gasteiger partial charge is 0.486 e. The summed E-state index contributed by atoms with van der Waals surface area (Å²) < 4.78 is 22.2. The second-order valence-corrected chi connectivity index (χ2v) is 8.95. The number of amides is 2. The molecule has 2 aliphatic rings. The fraction of sp³-hybridized carbons (Fsp3) is 0.250. The van der Waals surface area contributed by atoms with E-state index in [0.29, 0.717) is 73.6 Å². The maximum absolute atomic E-state index is 12.6. The number of para-hydroxylation sites is 1. The van der Waals surface area contributed by atoms with Gasteiger partial charge in [-0.05, 0) is 42.5 Å². The molecule has 0 unspecified atom stereocenters. The van der Waals surface area contributed by atoms with Gasteiger partial charge in [-0.1, -0.05) is 12.1 Å². The summed E-state index contributed by atoms with van der Waals surface area (Å²) in [5.74, 6) is 2.52. The molecule has 4 aromatic rings. The van der Waals surface area contributed by atoms with Crippen LogP contribution >= 0.6 is 0 Å². The van der Waals surface area contributed by atoms with Crippen molar-refractivity contribution in [3.8, 4) is 17.2 Å². The summed E-state index contributed by atoms with van der Waals surface area (Å²) >= 11 is 0. The van der Waals surface area contributed by atoms with Crippen molar-refractivity contribution in [1.29, 1.82) is 0 Å². The Hall–Kier alpha value is -4.73. The average Bonchev–Trinajstić information content (AvgIpc) is 3.51. The quantitative estimate of drug-likeness (QED) is 0.416. The first-order chi connectivity index (χ1) is 18.6. The lowest BCUT2D eigenvalue weighted by Crippen LogP contribution is -2.49. The number of ether oxygens (including phenoxy) is 3. The summed E-state index contributed by atoms with van der Waals surface area (Å²) in [4.78, 5) is 33.9. The molecule has 0 atom stereocenters. The first-order valence-electron chi connectivity index (χ1n) is 12.4. The third-order valence-corrected chi connectivity index (χ3v) is 6.48. The van der Waals surface area contributed by atoms with E-state index in [1.54, 1.807) is 41.3 Å². The number of nitrogens with zero attached hydrogens (tertiary/aromatic N) is 3. The first-order valence-corrected chi connectivity index (χ1v) is 12.4. The van der Waals surface area contributed by atoms with Crippen molar-refractivity contribution in [2.75, 3.05) is 56.2 Å². The van der Waals surface area contributed by atoms with Crippen LogP contribution in [-0.4, -0.2) is 67.7 Å². The Balaban J connectivity index is 1.10. The van der Waals surface area contributed by atoms with Crippen molar-refractivity contribution >= 4 is 34.2 Å². The van der Waals surface area contributed by atoms with Gasteiger partial charge in [0.1, 0.15) is 30.3 Å². The number of nitrogens with one attached hydrogen (secondary N) is 1. The highest BCUT2D eigenvalue weighted by Gasteiger charge is 2.24. The van der Waals surface area contributed by atoms with Crippen molar-refractivity contribution in [2.45, 2.75) is 0 Å². The van der Waals surface area contributed by atoms with E-state index < -0.39 is 0 Å². The second kappa shape index (κ2) is 10.3. The van der Waals surface area contributed by atoms with Gasteiger partial charge in [0.2, 0.25) is 0 Å². The molecule has 2 aromatic carbocycles. The summed E-state index contributed by atoms with van der Waals surface area (Å²) in [5, 5.41) is 3.74. The van der Waals surface area contributed by atoms with Gasteiger partial charge in [-0.3, -0.25) is 9.59 Å². The van der Waals surface area contributed by atoms with Crippen LogP contribution in [0.4, 0.5) is 11.5 Å². The van der Waals surface area contributed by atoms with Gasteiger partial charge >= 0.3 is 0 Å². The zero-order valence-corrected chi connectivity index (χ0v) is 20.6. The molecule has 0 radical (unpaired) electrons. The van der Waals surface area contributed by atoms with Gasteiger partial charge in [-0.15, -0.1) is 0 Å². The van der Waals surface area contributed by atoms with E-state index >= 15 is 0 Å². The number of pyridine rings is 1. The standard InChI is InChI=1S/C28H26N4O6/c33-26(29-20-7-8-21-24(17-20)37-16-15-36-21)18-38-22-4-1-3-19-6-9-25(30-27(19)22)31-10-12-32(13-11-31)28(34)23-5-2-14-35-23/h1-9,14,17H,10-13,15-16,18H2,(H,29,33). The Morgan fingerprint density at radius 1 is 0.921 bits per heavy atom. The Morgan fingerprint density at radius 2 is 1.76 bits per heavy atom. The molecule has 1 saturated heterocycles. The van der Waals surface area contributed by atoms with Crippen LogP contribution in [0.3, 0.4) is 0 Å². The SMILES string of the molecule is O=C(COc1cccc2ccc(N3CCN(C(=O)c4ccco4)CC3)nc12)Nc1ccc2c(c1)OCCO2. The third-order valence-electron chi connectivity index (χ3n) is 6.48. The van der Waals surface area contributed by atoms with Crippen LogP contribution in [0.15, 0.2) is 71.3 Å². The number of furan rings is 1. The van der Waals surface area contributed by atoms with Gasteiger partial charge in [0.25, 0.3) is 11.8 Å². The Morgan fingerprint density at radius 3 is 2.58 bits per heavy atom. The first kappa shape index (κ1) is 23.7. The molecule has 0 bridgehead atoms. The van der Waals surface area contributed by atoms with Crippen LogP contribution in [0.5, 0.6) is 17.2 Å². The highest BCUT2D eigenvalue weighted by Crippen LogP contribution is 2.32. The van der Waals surface area contributed by atoms with E-state index in [1.807, 2.05) is 24.3 Å². The molecule has 0 spiro atoms. The topological polar surface area (TPSA) is 106 Å². The van der Waals surface area contributed by atoms with E-state index in [2.05, 4.69) is 10.2 Å². The van der Waals surface area contributed by atoms with Crippen LogP contribution in [0.1, 0.15) is 10.6 Å². The molecule has 194 valence electrons. The Kier molecular flexibility index (Phi) is 6.43. The van der Waals surface area contributed by atoms with Gasteiger partial charge < -0.3 is 33.7 Å². The van der Waals surface area contributed by atoms with Crippen molar-refractivity contribution in [3.63, 3.8) is 0 Å². The monoisotopic (exact) mass is 514 g/mol. The van der Waals surface area contributed by atoms with Gasteiger partial charge in [-0.25, -0.2) is 4.98 Å². The van der Waals surface area contributed by atoms with Crippen molar-refractivity contribution in [1.82, 2.24) is 9.88 Å². The lowest BCUT2D eigenvalue weighted by molar-refractivity contribution is -0.118. The van der Waals surface area contributed by atoms with Gasteiger partial charge in [-0.2, -0.15) is 0 Å². The molecule has 0 saturated carbocycles. The Labute approximate surface area is 218 Å². The maximum Gasteiger partial charge on any atom is 0.289 e. The highest BCUT2D eigenvalue weighted by atomic mass is 16.6. The Bertz CT molecular complexity index is 1460. The predicted molar refractivity (Wildman–Crippen MR) is 140 cm³/mol. The molecule has 2 aliphatic heterocycles. The van der Waals surface area contributed by atoms with Crippen LogP contribution in [-0.2, 0) is 4.79 Å². The fourth-order valence-electron chi connectivity index (χ4n) is 4.56. The molecule has 1 fully saturated rings. The summed E-state index contributed by atoms with van der Waals surface area (Å²) in [6, 6.07) is 18.2. The zero-order valence-electron chi connectivity index (χ0n) is 20.6. The zero-order chi connectivity index (χ0) is 25.9. The van der Waals surface area contributed by atoms with Crippen LogP contribution in [0.25, 0.3) is 10.9 Å².